The van der Waals surface area contributed by atoms with Gasteiger partial charge in [-0.1, -0.05) is 39.7 Å². The second-order valence-corrected chi connectivity index (χ2v) is 9.08. The number of sulfonamides is 1. The minimum Gasteiger partial charge on any atom is -0.322 e. The van der Waals surface area contributed by atoms with Crippen molar-refractivity contribution in [3.05, 3.63) is 87.4 Å². The van der Waals surface area contributed by atoms with Gasteiger partial charge in [-0.25, -0.2) is 8.42 Å². The molecule has 0 radical (unpaired) electrons. The molecule has 144 valence electrons. The van der Waals surface area contributed by atoms with Gasteiger partial charge in [-0.05, 0) is 67.1 Å². The van der Waals surface area contributed by atoms with E-state index in [1.165, 1.54) is 24.3 Å². The van der Waals surface area contributed by atoms with Gasteiger partial charge in [0, 0.05) is 15.8 Å². The van der Waals surface area contributed by atoms with E-state index in [9.17, 15) is 13.2 Å². The highest BCUT2D eigenvalue weighted by molar-refractivity contribution is 9.10. The van der Waals surface area contributed by atoms with Gasteiger partial charge in [0.1, 0.15) is 0 Å². The molecule has 0 aliphatic rings. The van der Waals surface area contributed by atoms with Crippen molar-refractivity contribution in [2.24, 2.45) is 0 Å². The second-order valence-electron chi connectivity index (χ2n) is 6.08. The predicted octanol–water partition coefficient (Wildman–Crippen LogP) is 5.46. The maximum absolute atomic E-state index is 12.5. The number of carbonyl (C=O) groups is 1. The molecule has 2 N–H and O–H groups in total. The van der Waals surface area contributed by atoms with Gasteiger partial charge in [0.15, 0.2) is 0 Å². The molecular formula is C20H16BrClN2O3S. The smallest absolute Gasteiger partial charge is 0.261 e. The summed E-state index contributed by atoms with van der Waals surface area (Å²) in [5.74, 6) is -0.389. The van der Waals surface area contributed by atoms with Crippen LogP contribution in [0.15, 0.2) is 76.1 Å². The Morgan fingerprint density at radius 2 is 1.68 bits per heavy atom. The molecule has 0 atom stereocenters. The lowest BCUT2D eigenvalue weighted by atomic mass is 10.2. The third kappa shape index (κ3) is 4.92. The molecule has 28 heavy (non-hydrogen) atoms. The molecule has 0 saturated carbocycles. The van der Waals surface area contributed by atoms with Gasteiger partial charge >= 0.3 is 0 Å². The van der Waals surface area contributed by atoms with Crippen molar-refractivity contribution in [2.45, 2.75) is 11.8 Å². The molecule has 0 aromatic heterocycles. The van der Waals surface area contributed by atoms with Gasteiger partial charge in [0.05, 0.1) is 15.5 Å². The highest BCUT2D eigenvalue weighted by Crippen LogP contribution is 2.23. The lowest BCUT2D eigenvalue weighted by Crippen LogP contribution is -2.14. The van der Waals surface area contributed by atoms with Crippen molar-refractivity contribution < 1.29 is 13.2 Å². The molecule has 0 aliphatic carbocycles. The van der Waals surface area contributed by atoms with Crippen molar-refractivity contribution in [3.8, 4) is 0 Å². The first-order valence-corrected chi connectivity index (χ1v) is 10.9. The first-order valence-electron chi connectivity index (χ1n) is 8.20. The Hall–Kier alpha value is -2.35. The van der Waals surface area contributed by atoms with E-state index in [1.807, 2.05) is 13.0 Å². The van der Waals surface area contributed by atoms with Crippen LogP contribution in [0.1, 0.15) is 15.9 Å². The van der Waals surface area contributed by atoms with Crippen LogP contribution in [-0.2, 0) is 10.0 Å². The number of nitrogens with one attached hydrogen (secondary N) is 2. The molecule has 0 unspecified atom stereocenters. The van der Waals surface area contributed by atoms with Gasteiger partial charge in [-0.3, -0.25) is 9.52 Å². The fourth-order valence-corrected chi connectivity index (χ4v) is 4.12. The van der Waals surface area contributed by atoms with Crippen molar-refractivity contribution in [1.29, 1.82) is 0 Å². The molecule has 5 nitrogen and oxygen atoms in total. The first kappa shape index (κ1) is 20.4. The maximum atomic E-state index is 12.5. The minimum atomic E-state index is -3.73. The summed E-state index contributed by atoms with van der Waals surface area (Å²) in [6.45, 7) is 1.88. The van der Waals surface area contributed by atoms with E-state index in [1.54, 1.807) is 36.4 Å². The highest BCUT2D eigenvalue weighted by Gasteiger charge is 2.15. The highest BCUT2D eigenvalue weighted by atomic mass is 79.9. The third-order valence-electron chi connectivity index (χ3n) is 3.87. The van der Waals surface area contributed by atoms with E-state index in [-0.39, 0.29) is 10.8 Å². The van der Waals surface area contributed by atoms with Gasteiger partial charge in [0.25, 0.3) is 15.9 Å². The SMILES string of the molecule is Cc1cccc(NS(=O)(=O)c2ccc(NC(=O)c3cc(Br)ccc3Cl)cc2)c1. The van der Waals surface area contributed by atoms with E-state index in [2.05, 4.69) is 26.0 Å². The van der Waals surface area contributed by atoms with Crippen LogP contribution in [-0.4, -0.2) is 14.3 Å². The van der Waals surface area contributed by atoms with Crippen molar-refractivity contribution >= 4 is 54.8 Å². The van der Waals surface area contributed by atoms with E-state index >= 15 is 0 Å². The van der Waals surface area contributed by atoms with E-state index in [0.29, 0.717) is 22.0 Å². The summed E-state index contributed by atoms with van der Waals surface area (Å²) >= 11 is 9.36. The molecule has 3 rings (SSSR count). The average molecular weight is 480 g/mol. The van der Waals surface area contributed by atoms with E-state index in [0.717, 1.165) is 10.0 Å². The molecule has 0 bridgehead atoms. The first-order chi connectivity index (χ1) is 13.2. The number of benzene rings is 3. The molecule has 0 aliphatic heterocycles. The van der Waals surface area contributed by atoms with Crippen LogP contribution < -0.4 is 10.0 Å². The Bertz CT molecular complexity index is 1130. The van der Waals surface area contributed by atoms with Crippen LogP contribution in [0, 0.1) is 6.92 Å². The molecule has 8 heteroatoms. The molecule has 3 aromatic carbocycles. The number of hydrogen-bond donors (Lipinski definition) is 2. The number of halogens is 2. The Morgan fingerprint density at radius 3 is 2.36 bits per heavy atom. The Morgan fingerprint density at radius 1 is 0.964 bits per heavy atom. The number of amides is 1. The second kappa shape index (κ2) is 8.34. The van der Waals surface area contributed by atoms with Crippen LogP contribution >= 0.6 is 27.5 Å². The zero-order valence-corrected chi connectivity index (χ0v) is 17.9. The number of hydrogen-bond acceptors (Lipinski definition) is 3. The van der Waals surface area contributed by atoms with Gasteiger partial charge in [-0.15, -0.1) is 0 Å². The van der Waals surface area contributed by atoms with Crippen LogP contribution in [0.25, 0.3) is 0 Å². The van der Waals surface area contributed by atoms with Crippen LogP contribution in [0.3, 0.4) is 0 Å². The average Bonchev–Trinajstić information content (AvgIpc) is 2.64. The number of aryl methyl sites for hydroxylation is 1. The third-order valence-corrected chi connectivity index (χ3v) is 6.09. The summed E-state index contributed by atoms with van der Waals surface area (Å²) in [7, 11) is -3.73. The summed E-state index contributed by atoms with van der Waals surface area (Å²) in [6, 6.07) is 18.0. The summed E-state index contributed by atoms with van der Waals surface area (Å²) in [5, 5.41) is 3.02. The van der Waals surface area contributed by atoms with Crippen molar-refractivity contribution in [3.63, 3.8) is 0 Å². The van der Waals surface area contributed by atoms with Crippen molar-refractivity contribution in [1.82, 2.24) is 0 Å². The number of rotatable bonds is 5. The summed E-state index contributed by atoms with van der Waals surface area (Å²) in [6.07, 6.45) is 0. The Kier molecular flexibility index (Phi) is 6.07. The fourth-order valence-electron chi connectivity index (χ4n) is 2.51. The van der Waals surface area contributed by atoms with Crippen LogP contribution in [0.5, 0.6) is 0 Å². The molecule has 0 fully saturated rings. The van der Waals surface area contributed by atoms with Gasteiger partial charge < -0.3 is 5.32 Å². The summed E-state index contributed by atoms with van der Waals surface area (Å²) in [4.78, 5) is 12.5. The Balaban J connectivity index is 1.75. The summed E-state index contributed by atoms with van der Waals surface area (Å²) < 4.78 is 28.3. The van der Waals surface area contributed by atoms with Gasteiger partial charge in [0.2, 0.25) is 0 Å². The largest absolute Gasteiger partial charge is 0.322 e. The number of carbonyl (C=O) groups excluding carboxylic acids is 1. The van der Waals surface area contributed by atoms with E-state index < -0.39 is 10.0 Å². The topological polar surface area (TPSA) is 75.3 Å². The quantitative estimate of drug-likeness (QED) is 0.510. The zero-order valence-electron chi connectivity index (χ0n) is 14.7. The molecule has 1 amide bonds. The normalized spacial score (nSPS) is 11.1. The lowest BCUT2D eigenvalue weighted by Gasteiger charge is -2.10. The molecule has 0 heterocycles. The minimum absolute atomic E-state index is 0.0903. The molecule has 3 aromatic rings. The maximum Gasteiger partial charge on any atom is 0.261 e. The van der Waals surface area contributed by atoms with Crippen molar-refractivity contribution in [2.75, 3.05) is 10.0 Å². The fraction of sp³-hybridized carbons (Fsp3) is 0.0500. The lowest BCUT2D eigenvalue weighted by molar-refractivity contribution is 0.102. The number of anilines is 2. The van der Waals surface area contributed by atoms with E-state index in [4.69, 9.17) is 11.6 Å². The summed E-state index contributed by atoms with van der Waals surface area (Å²) in [5.41, 5.74) is 2.20. The van der Waals surface area contributed by atoms with Crippen LogP contribution in [0.4, 0.5) is 11.4 Å². The van der Waals surface area contributed by atoms with Gasteiger partial charge in [-0.2, -0.15) is 0 Å². The monoisotopic (exact) mass is 478 g/mol. The molecular weight excluding hydrogens is 464 g/mol. The zero-order chi connectivity index (χ0) is 20.3. The molecule has 0 spiro atoms. The standard InChI is InChI=1S/C20H16BrClN2O3S/c1-13-3-2-4-16(11-13)24-28(26,27)17-8-6-15(7-9-17)23-20(25)18-12-14(21)5-10-19(18)22/h2-12,24H,1H3,(H,23,25). The predicted molar refractivity (Wildman–Crippen MR) is 116 cm³/mol. The Labute approximate surface area is 176 Å². The molecule has 0 saturated heterocycles. The van der Waals surface area contributed by atoms with Crippen LogP contribution in [0.2, 0.25) is 5.02 Å².